The summed E-state index contributed by atoms with van der Waals surface area (Å²) in [5.74, 6) is 13.1. The maximum absolute atomic E-state index is 13.4. The fraction of sp³-hybridized carbons (Fsp3) is 0.296. The minimum atomic E-state index is -2.02. The van der Waals surface area contributed by atoms with Crippen molar-refractivity contribution >= 4 is 20.1 Å². The smallest absolute Gasteiger partial charge is 0.410 e. The first-order valence-electron chi connectivity index (χ1n) is 11.0. The predicted molar refractivity (Wildman–Crippen MR) is 129 cm³/mol. The molecule has 0 unspecified atom stereocenters. The second-order valence-corrected chi connectivity index (χ2v) is 13.9. The van der Waals surface area contributed by atoms with Crippen LogP contribution in [0.4, 0.5) is 10.5 Å². The molecular weight excluding hydrogens is 430 g/mol. The molecular formula is C27H25NO4Si. The van der Waals surface area contributed by atoms with Crippen molar-refractivity contribution in [2.75, 3.05) is 4.90 Å². The first-order chi connectivity index (χ1) is 15.8. The standard InChI is InChI=1S/C27H25NO4Si/c1-26(32-33(2,3)4)19-13-6-5-10-18-23-24-27(26,31-24)21-16-11-12-17-22(21)28(23)25(29)30-20-14-8-7-9-15-20/h5-9,11-12,14-17,23-24H,1-4H3/b6-5-/t23-,24-,26+,27+/m0/s1. The van der Waals surface area contributed by atoms with Crippen LogP contribution in [0.2, 0.25) is 19.6 Å². The number of fused-ring (bicyclic) bond motifs is 1. The van der Waals surface area contributed by atoms with Gasteiger partial charge in [-0.05, 0) is 56.9 Å². The van der Waals surface area contributed by atoms with Gasteiger partial charge in [-0.15, -0.1) is 0 Å². The molecule has 2 aromatic rings. The fourth-order valence-electron chi connectivity index (χ4n) is 4.79. The highest BCUT2D eigenvalue weighted by Gasteiger charge is 2.75. The number of rotatable bonds is 3. The average Bonchev–Trinajstić information content (AvgIpc) is 3.53. The van der Waals surface area contributed by atoms with Crippen LogP contribution in [0, 0.1) is 23.7 Å². The highest BCUT2D eigenvalue weighted by molar-refractivity contribution is 6.69. The van der Waals surface area contributed by atoms with Crippen LogP contribution < -0.4 is 9.64 Å². The number of epoxide rings is 1. The zero-order valence-electron chi connectivity index (χ0n) is 19.1. The third-order valence-corrected chi connectivity index (χ3v) is 6.96. The van der Waals surface area contributed by atoms with Crippen LogP contribution in [-0.4, -0.2) is 32.2 Å². The number of ether oxygens (including phenoxy) is 2. The van der Waals surface area contributed by atoms with Crippen molar-refractivity contribution < 1.29 is 18.7 Å². The summed E-state index contributed by atoms with van der Waals surface area (Å²) in [4.78, 5) is 15.0. The van der Waals surface area contributed by atoms with Crippen LogP contribution in [0.15, 0.2) is 66.7 Å². The molecule has 2 aliphatic heterocycles. The van der Waals surface area contributed by atoms with Gasteiger partial charge in [0, 0.05) is 5.56 Å². The van der Waals surface area contributed by atoms with Gasteiger partial charge in [-0.3, -0.25) is 4.90 Å². The van der Waals surface area contributed by atoms with Crippen molar-refractivity contribution in [3.05, 3.63) is 72.3 Å². The van der Waals surface area contributed by atoms with Crippen LogP contribution in [0.3, 0.4) is 0 Å². The number of carbonyl (C=O) groups is 1. The Balaban J connectivity index is 1.66. The van der Waals surface area contributed by atoms with Crippen LogP contribution >= 0.6 is 0 Å². The summed E-state index contributed by atoms with van der Waals surface area (Å²) in [5.41, 5.74) is -0.180. The predicted octanol–water partition coefficient (Wildman–Crippen LogP) is 4.86. The molecule has 0 aromatic heterocycles. The molecule has 1 amide bonds. The lowest BCUT2D eigenvalue weighted by Gasteiger charge is -2.42. The third-order valence-electron chi connectivity index (χ3n) is 5.94. The Labute approximate surface area is 195 Å². The molecule has 6 heteroatoms. The van der Waals surface area contributed by atoms with Crippen molar-refractivity contribution in [2.24, 2.45) is 0 Å². The lowest BCUT2D eigenvalue weighted by molar-refractivity contribution is 0.0430. The second kappa shape index (κ2) is 7.64. The molecule has 166 valence electrons. The molecule has 1 aliphatic carbocycles. The van der Waals surface area contributed by atoms with Crippen LogP contribution in [0.5, 0.6) is 5.75 Å². The molecule has 0 spiro atoms. The number of amides is 1. The van der Waals surface area contributed by atoms with E-state index in [2.05, 4.69) is 43.3 Å². The highest BCUT2D eigenvalue weighted by Crippen LogP contribution is 2.62. The SMILES string of the molecule is C[C@@]1(O[Si](C)(C)C)C#C/C=C\C#C[C@H]2[C@@H]3O[C@]31c1ccccc1N2C(=O)Oc1ccccc1. The molecule has 4 atom stereocenters. The van der Waals surface area contributed by atoms with Gasteiger partial charge in [0.05, 0.1) is 5.69 Å². The van der Waals surface area contributed by atoms with Gasteiger partial charge in [0.1, 0.15) is 17.9 Å². The molecule has 0 saturated carbocycles. The van der Waals surface area contributed by atoms with Crippen molar-refractivity contribution in [3.63, 3.8) is 0 Å². The van der Waals surface area contributed by atoms with E-state index in [1.165, 1.54) is 0 Å². The van der Waals surface area contributed by atoms with Gasteiger partial charge in [-0.25, -0.2) is 4.79 Å². The molecule has 5 rings (SSSR count). The van der Waals surface area contributed by atoms with E-state index >= 15 is 0 Å². The summed E-state index contributed by atoms with van der Waals surface area (Å²) in [6.45, 7) is 8.40. The average molecular weight is 456 g/mol. The highest BCUT2D eigenvalue weighted by atomic mass is 28.4. The minimum absolute atomic E-state index is 0.398. The quantitative estimate of drug-likeness (QED) is 0.377. The lowest BCUT2D eigenvalue weighted by atomic mass is 9.75. The van der Waals surface area contributed by atoms with E-state index in [0.29, 0.717) is 11.4 Å². The maximum atomic E-state index is 13.4. The van der Waals surface area contributed by atoms with E-state index in [-0.39, 0.29) is 0 Å². The van der Waals surface area contributed by atoms with Crippen LogP contribution in [-0.2, 0) is 14.8 Å². The Bertz CT molecular complexity index is 1260. The number of hydrogen-bond acceptors (Lipinski definition) is 4. The largest absolute Gasteiger partial charge is 0.420 e. The number of hydrogen-bond donors (Lipinski definition) is 0. The van der Waals surface area contributed by atoms with Gasteiger partial charge >= 0.3 is 6.09 Å². The van der Waals surface area contributed by atoms with E-state index in [1.807, 2.05) is 49.4 Å². The van der Waals surface area contributed by atoms with Gasteiger partial charge in [-0.2, -0.15) is 0 Å². The Morgan fingerprint density at radius 2 is 1.73 bits per heavy atom. The monoisotopic (exact) mass is 455 g/mol. The molecule has 0 radical (unpaired) electrons. The van der Waals surface area contributed by atoms with Gasteiger partial charge in [0.15, 0.2) is 19.5 Å². The molecule has 1 fully saturated rings. The van der Waals surface area contributed by atoms with Gasteiger partial charge < -0.3 is 13.9 Å². The van der Waals surface area contributed by atoms with Gasteiger partial charge in [-0.1, -0.05) is 60.1 Å². The zero-order valence-corrected chi connectivity index (χ0v) is 20.1. The molecule has 0 N–H and O–H groups in total. The molecule has 33 heavy (non-hydrogen) atoms. The normalized spacial score (nSPS) is 29.8. The van der Waals surface area contributed by atoms with Gasteiger partial charge in [0.25, 0.3) is 0 Å². The van der Waals surface area contributed by atoms with E-state index in [9.17, 15) is 4.79 Å². The van der Waals surface area contributed by atoms with Crippen molar-refractivity contribution in [2.45, 2.75) is 49.9 Å². The molecule has 3 aliphatic rings. The Morgan fingerprint density at radius 3 is 2.48 bits per heavy atom. The minimum Gasteiger partial charge on any atom is -0.410 e. The van der Waals surface area contributed by atoms with Gasteiger partial charge in [0.2, 0.25) is 0 Å². The van der Waals surface area contributed by atoms with Crippen molar-refractivity contribution in [1.29, 1.82) is 0 Å². The van der Waals surface area contributed by atoms with Crippen molar-refractivity contribution in [3.8, 4) is 29.4 Å². The van der Waals surface area contributed by atoms with E-state index in [1.54, 1.807) is 29.2 Å². The molecule has 5 nitrogen and oxygen atoms in total. The summed E-state index contributed by atoms with van der Waals surface area (Å²) < 4.78 is 18.9. The Kier molecular flexibility index (Phi) is 4.99. The van der Waals surface area contributed by atoms with E-state index in [4.69, 9.17) is 13.9 Å². The number of anilines is 1. The fourth-order valence-corrected chi connectivity index (χ4v) is 6.21. The second-order valence-electron chi connectivity index (χ2n) is 9.43. The molecule has 2 bridgehead atoms. The lowest BCUT2D eigenvalue weighted by Crippen LogP contribution is -2.57. The number of para-hydroxylation sites is 2. The summed E-state index contributed by atoms with van der Waals surface area (Å²) in [5, 5.41) is 0. The molecule has 2 aromatic carbocycles. The number of allylic oxidation sites excluding steroid dienone is 2. The topological polar surface area (TPSA) is 51.3 Å². The van der Waals surface area contributed by atoms with Crippen LogP contribution in [0.1, 0.15) is 12.5 Å². The molecule has 2 heterocycles. The summed E-state index contributed by atoms with van der Waals surface area (Å²) in [6.07, 6.45) is 2.51. The van der Waals surface area contributed by atoms with Crippen molar-refractivity contribution in [1.82, 2.24) is 0 Å². The number of benzene rings is 2. The Hall–Kier alpha value is -3.29. The van der Waals surface area contributed by atoms with Crippen LogP contribution in [0.25, 0.3) is 0 Å². The molecule has 1 saturated heterocycles. The first-order valence-corrected chi connectivity index (χ1v) is 14.4. The van der Waals surface area contributed by atoms with E-state index in [0.717, 1.165) is 5.56 Å². The Morgan fingerprint density at radius 1 is 1.03 bits per heavy atom. The third kappa shape index (κ3) is 3.57. The number of carbonyl (C=O) groups excluding carboxylic acids is 1. The maximum Gasteiger partial charge on any atom is 0.420 e. The first kappa shape index (κ1) is 21.5. The summed E-state index contributed by atoms with van der Waals surface area (Å²) in [6, 6.07) is 16.2. The summed E-state index contributed by atoms with van der Waals surface area (Å²) in [7, 11) is -2.02. The summed E-state index contributed by atoms with van der Waals surface area (Å²) >= 11 is 0. The number of nitrogens with zero attached hydrogens (tertiary/aromatic N) is 1. The zero-order chi connectivity index (χ0) is 23.3. The van der Waals surface area contributed by atoms with E-state index < -0.39 is 37.8 Å².